The molecule has 0 radical (unpaired) electrons. The van der Waals surface area contributed by atoms with E-state index in [2.05, 4.69) is 16.0 Å². The SMILES string of the molecule is COc1ccc(OC)c(NC(=O)CNc2cccc(NC(=O)CCc3ccccc3)c2)c1. The average molecular weight is 434 g/mol. The number of hydrogen-bond acceptors (Lipinski definition) is 5. The van der Waals surface area contributed by atoms with Crippen LogP contribution in [0.2, 0.25) is 0 Å². The highest BCUT2D eigenvalue weighted by molar-refractivity contribution is 5.95. The van der Waals surface area contributed by atoms with Crippen LogP contribution in [0.15, 0.2) is 72.8 Å². The Morgan fingerprint density at radius 1 is 0.781 bits per heavy atom. The number of aryl methyl sites for hydroxylation is 1. The van der Waals surface area contributed by atoms with E-state index in [9.17, 15) is 9.59 Å². The zero-order chi connectivity index (χ0) is 22.8. The molecule has 7 nitrogen and oxygen atoms in total. The van der Waals surface area contributed by atoms with E-state index >= 15 is 0 Å². The minimum absolute atomic E-state index is 0.0474. The van der Waals surface area contributed by atoms with E-state index < -0.39 is 0 Å². The van der Waals surface area contributed by atoms with Crippen molar-refractivity contribution in [1.29, 1.82) is 0 Å². The Labute approximate surface area is 187 Å². The second kappa shape index (κ2) is 11.4. The number of amides is 2. The fourth-order valence-corrected chi connectivity index (χ4v) is 3.12. The molecule has 0 aliphatic carbocycles. The third-order valence-electron chi connectivity index (χ3n) is 4.76. The van der Waals surface area contributed by atoms with Gasteiger partial charge in [-0.15, -0.1) is 0 Å². The van der Waals surface area contributed by atoms with Gasteiger partial charge in [0.2, 0.25) is 11.8 Å². The highest BCUT2D eigenvalue weighted by Gasteiger charge is 2.10. The van der Waals surface area contributed by atoms with E-state index in [0.29, 0.717) is 35.7 Å². The van der Waals surface area contributed by atoms with Gasteiger partial charge < -0.3 is 25.4 Å². The third-order valence-corrected chi connectivity index (χ3v) is 4.76. The van der Waals surface area contributed by atoms with Crippen molar-refractivity contribution in [2.24, 2.45) is 0 Å². The maximum absolute atomic E-state index is 12.4. The summed E-state index contributed by atoms with van der Waals surface area (Å²) in [7, 11) is 3.10. The van der Waals surface area contributed by atoms with Crippen LogP contribution in [-0.2, 0) is 16.0 Å². The minimum Gasteiger partial charge on any atom is -0.497 e. The van der Waals surface area contributed by atoms with E-state index in [1.807, 2.05) is 48.5 Å². The molecule has 3 rings (SSSR count). The van der Waals surface area contributed by atoms with Crippen LogP contribution in [0.4, 0.5) is 17.1 Å². The van der Waals surface area contributed by atoms with Gasteiger partial charge in [0.05, 0.1) is 26.5 Å². The molecule has 3 aromatic rings. The van der Waals surface area contributed by atoms with Crippen molar-refractivity contribution >= 4 is 28.9 Å². The zero-order valence-corrected chi connectivity index (χ0v) is 18.2. The molecule has 0 bridgehead atoms. The quantitative estimate of drug-likeness (QED) is 0.443. The van der Waals surface area contributed by atoms with Gasteiger partial charge >= 0.3 is 0 Å². The standard InChI is InChI=1S/C25H27N3O4/c1-31-21-12-13-23(32-2)22(16-21)28-25(30)17-26-19-9-6-10-20(15-19)27-24(29)14-11-18-7-4-3-5-8-18/h3-10,12-13,15-16,26H,11,14,17H2,1-2H3,(H,27,29)(H,28,30). The third kappa shape index (κ3) is 6.77. The lowest BCUT2D eigenvalue weighted by atomic mass is 10.1. The van der Waals surface area contributed by atoms with Gasteiger partial charge in [-0.25, -0.2) is 0 Å². The van der Waals surface area contributed by atoms with Gasteiger partial charge in [-0.3, -0.25) is 9.59 Å². The molecule has 0 aromatic heterocycles. The molecule has 3 aromatic carbocycles. The zero-order valence-electron chi connectivity index (χ0n) is 18.2. The Hall–Kier alpha value is -4.00. The molecular weight excluding hydrogens is 406 g/mol. The molecule has 0 atom stereocenters. The summed E-state index contributed by atoms with van der Waals surface area (Å²) in [5, 5.41) is 8.77. The van der Waals surface area contributed by atoms with Crippen LogP contribution in [0, 0.1) is 0 Å². The summed E-state index contributed by atoms with van der Waals surface area (Å²) in [6, 6.07) is 22.3. The Bertz CT molecular complexity index is 1050. The fourth-order valence-electron chi connectivity index (χ4n) is 3.12. The lowest BCUT2D eigenvalue weighted by molar-refractivity contribution is -0.116. The number of anilines is 3. The van der Waals surface area contributed by atoms with Crippen molar-refractivity contribution in [2.45, 2.75) is 12.8 Å². The van der Waals surface area contributed by atoms with Gasteiger partial charge in [0.15, 0.2) is 0 Å². The first kappa shape index (κ1) is 22.7. The largest absolute Gasteiger partial charge is 0.497 e. The van der Waals surface area contributed by atoms with Crippen LogP contribution < -0.4 is 25.4 Å². The number of benzene rings is 3. The molecule has 32 heavy (non-hydrogen) atoms. The first-order valence-corrected chi connectivity index (χ1v) is 10.3. The molecule has 0 spiro atoms. The number of carbonyl (C=O) groups excluding carboxylic acids is 2. The summed E-state index contributed by atoms with van der Waals surface area (Å²) in [6.45, 7) is 0.0474. The van der Waals surface area contributed by atoms with E-state index in [4.69, 9.17) is 9.47 Å². The monoisotopic (exact) mass is 433 g/mol. The Morgan fingerprint density at radius 2 is 1.56 bits per heavy atom. The van der Waals surface area contributed by atoms with Crippen molar-refractivity contribution < 1.29 is 19.1 Å². The van der Waals surface area contributed by atoms with E-state index in [1.165, 1.54) is 7.11 Å². The summed E-state index contributed by atoms with van der Waals surface area (Å²) in [5.74, 6) is 0.854. The molecular formula is C25H27N3O4. The van der Waals surface area contributed by atoms with Gasteiger partial charge in [-0.2, -0.15) is 0 Å². The Balaban J connectivity index is 1.51. The van der Waals surface area contributed by atoms with Gasteiger partial charge in [0.1, 0.15) is 11.5 Å². The van der Waals surface area contributed by atoms with Gasteiger partial charge in [-0.1, -0.05) is 36.4 Å². The van der Waals surface area contributed by atoms with Crippen LogP contribution in [0.25, 0.3) is 0 Å². The number of rotatable bonds is 10. The van der Waals surface area contributed by atoms with Crippen molar-refractivity contribution in [1.82, 2.24) is 0 Å². The number of carbonyl (C=O) groups is 2. The summed E-state index contributed by atoms with van der Waals surface area (Å²) in [4.78, 5) is 24.7. The van der Waals surface area contributed by atoms with E-state index in [-0.39, 0.29) is 18.4 Å². The summed E-state index contributed by atoms with van der Waals surface area (Å²) in [6.07, 6.45) is 1.07. The van der Waals surface area contributed by atoms with Crippen LogP contribution >= 0.6 is 0 Å². The average Bonchev–Trinajstić information content (AvgIpc) is 2.82. The fraction of sp³-hybridized carbons (Fsp3) is 0.200. The molecule has 0 heterocycles. The van der Waals surface area contributed by atoms with Crippen molar-refractivity contribution in [3.63, 3.8) is 0 Å². The minimum atomic E-state index is -0.242. The van der Waals surface area contributed by atoms with Crippen molar-refractivity contribution in [3.8, 4) is 11.5 Å². The predicted octanol–water partition coefficient (Wildman–Crippen LogP) is 4.33. The van der Waals surface area contributed by atoms with Gasteiger partial charge in [-0.05, 0) is 42.3 Å². The van der Waals surface area contributed by atoms with Crippen LogP contribution in [0.1, 0.15) is 12.0 Å². The molecule has 0 unspecified atom stereocenters. The maximum atomic E-state index is 12.4. The highest BCUT2D eigenvalue weighted by Crippen LogP contribution is 2.28. The lowest BCUT2D eigenvalue weighted by Crippen LogP contribution is -2.22. The predicted molar refractivity (Wildman–Crippen MR) is 127 cm³/mol. The van der Waals surface area contributed by atoms with E-state index in [0.717, 1.165) is 11.3 Å². The smallest absolute Gasteiger partial charge is 0.243 e. The number of hydrogen-bond donors (Lipinski definition) is 3. The van der Waals surface area contributed by atoms with Gasteiger partial charge in [0.25, 0.3) is 0 Å². The van der Waals surface area contributed by atoms with Crippen molar-refractivity contribution in [2.75, 3.05) is 36.7 Å². The molecule has 0 fully saturated rings. The number of ether oxygens (including phenoxy) is 2. The van der Waals surface area contributed by atoms with Crippen LogP contribution in [-0.4, -0.2) is 32.6 Å². The van der Waals surface area contributed by atoms with Crippen LogP contribution in [0.5, 0.6) is 11.5 Å². The molecule has 166 valence electrons. The molecule has 0 aliphatic rings. The number of methoxy groups -OCH3 is 2. The Morgan fingerprint density at radius 3 is 2.31 bits per heavy atom. The first-order chi connectivity index (χ1) is 15.6. The lowest BCUT2D eigenvalue weighted by Gasteiger charge is -2.13. The second-order valence-corrected chi connectivity index (χ2v) is 7.08. The maximum Gasteiger partial charge on any atom is 0.243 e. The van der Waals surface area contributed by atoms with Crippen molar-refractivity contribution in [3.05, 3.63) is 78.4 Å². The summed E-state index contributed by atoms with van der Waals surface area (Å²) >= 11 is 0. The first-order valence-electron chi connectivity index (χ1n) is 10.3. The Kier molecular flexibility index (Phi) is 8.09. The molecule has 0 saturated carbocycles. The summed E-state index contributed by atoms with van der Waals surface area (Å²) in [5.41, 5.74) is 3.04. The van der Waals surface area contributed by atoms with Crippen LogP contribution in [0.3, 0.4) is 0 Å². The second-order valence-electron chi connectivity index (χ2n) is 7.08. The molecule has 0 aliphatic heterocycles. The number of nitrogens with one attached hydrogen (secondary N) is 3. The summed E-state index contributed by atoms with van der Waals surface area (Å²) < 4.78 is 10.5. The normalized spacial score (nSPS) is 10.2. The highest BCUT2D eigenvalue weighted by atomic mass is 16.5. The molecule has 0 saturated heterocycles. The van der Waals surface area contributed by atoms with E-state index in [1.54, 1.807) is 31.4 Å². The molecule has 7 heteroatoms. The van der Waals surface area contributed by atoms with Gasteiger partial charge in [0, 0.05) is 23.9 Å². The molecule has 2 amide bonds. The molecule has 3 N–H and O–H groups in total. The topological polar surface area (TPSA) is 88.7 Å².